The predicted molar refractivity (Wildman–Crippen MR) is 70.3 cm³/mol. The van der Waals surface area contributed by atoms with Crippen molar-refractivity contribution in [1.82, 2.24) is 0 Å². The van der Waals surface area contributed by atoms with E-state index in [2.05, 4.69) is 4.74 Å². The molecule has 1 N–H and O–H groups in total. The van der Waals surface area contributed by atoms with Crippen molar-refractivity contribution in [3.63, 3.8) is 0 Å². The largest absolute Gasteiger partial charge is 0.469 e. The van der Waals surface area contributed by atoms with Crippen LogP contribution in [-0.2, 0) is 14.3 Å². The fraction of sp³-hybridized carbons (Fsp3) is 0.733. The van der Waals surface area contributed by atoms with E-state index in [0.29, 0.717) is 25.2 Å². The second-order valence-electron chi connectivity index (χ2n) is 5.73. The van der Waals surface area contributed by atoms with Crippen molar-refractivity contribution >= 4 is 11.8 Å². The number of ether oxygens (including phenoxy) is 1. The minimum Gasteiger partial charge on any atom is -0.469 e. The van der Waals surface area contributed by atoms with Crippen LogP contribution >= 0.6 is 0 Å². The third kappa shape index (κ3) is 3.06. The molecule has 4 heteroatoms. The first-order valence-electron chi connectivity index (χ1n) is 7.02. The smallest absolute Gasteiger partial charge is 0.305 e. The van der Waals surface area contributed by atoms with Gasteiger partial charge >= 0.3 is 5.97 Å². The predicted octanol–water partition coefficient (Wildman–Crippen LogP) is 1.86. The monoisotopic (exact) mass is 266 g/mol. The van der Waals surface area contributed by atoms with Gasteiger partial charge in [-0.3, -0.25) is 9.59 Å². The van der Waals surface area contributed by atoms with Gasteiger partial charge < -0.3 is 9.84 Å². The molecule has 1 saturated carbocycles. The Labute approximate surface area is 113 Å². The molecule has 2 aliphatic carbocycles. The van der Waals surface area contributed by atoms with Gasteiger partial charge in [0.25, 0.3) is 0 Å². The molecule has 0 spiro atoms. The van der Waals surface area contributed by atoms with E-state index in [0.717, 1.165) is 18.4 Å². The van der Waals surface area contributed by atoms with Crippen molar-refractivity contribution < 1.29 is 19.4 Å². The maximum atomic E-state index is 12.0. The number of hydrogen-bond donors (Lipinski definition) is 1. The van der Waals surface area contributed by atoms with Gasteiger partial charge in [0.05, 0.1) is 13.2 Å². The zero-order valence-corrected chi connectivity index (χ0v) is 11.6. The van der Waals surface area contributed by atoms with E-state index in [1.54, 1.807) is 6.08 Å². The van der Waals surface area contributed by atoms with E-state index in [1.807, 2.05) is 6.92 Å². The van der Waals surface area contributed by atoms with Crippen molar-refractivity contribution in [2.45, 2.75) is 45.1 Å². The average molecular weight is 266 g/mol. The Hall–Kier alpha value is -1.16. The molecule has 2 rings (SSSR count). The molecule has 2 aliphatic rings. The number of carbonyl (C=O) groups is 2. The molecule has 0 aromatic heterocycles. The minimum atomic E-state index is -0.315. The normalized spacial score (nSPS) is 34.5. The molecule has 4 nitrogen and oxygen atoms in total. The number of fused-ring (bicyclic) bond motifs is 1. The molecule has 0 unspecified atom stereocenters. The van der Waals surface area contributed by atoms with Crippen molar-refractivity contribution in [3.8, 4) is 0 Å². The molecule has 0 aliphatic heterocycles. The number of hydrogen-bond acceptors (Lipinski definition) is 4. The summed E-state index contributed by atoms with van der Waals surface area (Å²) < 4.78 is 4.68. The summed E-state index contributed by atoms with van der Waals surface area (Å²) >= 11 is 0. The van der Waals surface area contributed by atoms with Crippen LogP contribution in [0, 0.1) is 17.8 Å². The lowest BCUT2D eigenvalue weighted by molar-refractivity contribution is -0.141. The molecule has 0 aromatic carbocycles. The Bertz CT molecular complexity index is 399. The molecular weight excluding hydrogens is 244 g/mol. The molecule has 106 valence electrons. The highest BCUT2D eigenvalue weighted by Gasteiger charge is 2.39. The summed E-state index contributed by atoms with van der Waals surface area (Å²) in [7, 11) is 1.39. The molecule has 0 radical (unpaired) electrons. The van der Waals surface area contributed by atoms with Gasteiger partial charge in [-0.15, -0.1) is 0 Å². The molecule has 0 aromatic rings. The fourth-order valence-electron chi connectivity index (χ4n) is 3.45. The van der Waals surface area contributed by atoms with Gasteiger partial charge in [0.15, 0.2) is 5.78 Å². The summed E-state index contributed by atoms with van der Waals surface area (Å²) in [5.41, 5.74) is 1.08. The Morgan fingerprint density at radius 3 is 2.89 bits per heavy atom. The number of allylic oxidation sites excluding steroid dienone is 1. The zero-order valence-electron chi connectivity index (χ0n) is 11.6. The van der Waals surface area contributed by atoms with E-state index in [1.165, 1.54) is 7.11 Å². The van der Waals surface area contributed by atoms with Crippen LogP contribution in [0.2, 0.25) is 0 Å². The van der Waals surface area contributed by atoms with Gasteiger partial charge in [-0.25, -0.2) is 0 Å². The summed E-state index contributed by atoms with van der Waals surface area (Å²) in [5.74, 6) is 0.440. The van der Waals surface area contributed by atoms with Gasteiger partial charge in [0.1, 0.15) is 0 Å². The lowest BCUT2D eigenvalue weighted by Gasteiger charge is -2.40. The summed E-state index contributed by atoms with van der Waals surface area (Å²) in [6.45, 7) is 1.95. The Morgan fingerprint density at radius 2 is 2.21 bits per heavy atom. The summed E-state index contributed by atoms with van der Waals surface area (Å²) in [6, 6.07) is 0. The third-order valence-corrected chi connectivity index (χ3v) is 4.60. The third-order valence-electron chi connectivity index (χ3n) is 4.60. The lowest BCUT2D eigenvalue weighted by atomic mass is 9.65. The standard InChI is InChI=1S/C15H22O4/c1-9-12(5-6-15(18)19-2)13-4-3-11(16)7-10(13)8-14(9)17/h8-9,11-13,16H,3-7H2,1-2H3/t9-,11+,12+,13+/m1/s1. The first kappa shape index (κ1) is 14.3. The van der Waals surface area contributed by atoms with Crippen LogP contribution < -0.4 is 0 Å². The fourth-order valence-corrected chi connectivity index (χ4v) is 3.45. The number of ketones is 1. The van der Waals surface area contributed by atoms with Crippen molar-refractivity contribution in [3.05, 3.63) is 11.6 Å². The van der Waals surface area contributed by atoms with Gasteiger partial charge in [-0.1, -0.05) is 12.5 Å². The number of esters is 1. The highest BCUT2D eigenvalue weighted by Crippen LogP contribution is 2.43. The first-order chi connectivity index (χ1) is 9.02. The topological polar surface area (TPSA) is 63.6 Å². The van der Waals surface area contributed by atoms with Gasteiger partial charge in [-0.05, 0) is 43.6 Å². The number of methoxy groups -OCH3 is 1. The quantitative estimate of drug-likeness (QED) is 0.792. The number of carbonyl (C=O) groups excluding carboxylic acids is 2. The second-order valence-corrected chi connectivity index (χ2v) is 5.73. The molecule has 0 heterocycles. The molecule has 0 amide bonds. The van der Waals surface area contributed by atoms with Gasteiger partial charge in [0.2, 0.25) is 0 Å². The van der Waals surface area contributed by atoms with Crippen LogP contribution in [0.4, 0.5) is 0 Å². The van der Waals surface area contributed by atoms with E-state index in [-0.39, 0.29) is 29.7 Å². The summed E-state index contributed by atoms with van der Waals surface area (Å²) in [5, 5.41) is 9.72. The minimum absolute atomic E-state index is 0.0337. The molecular formula is C15H22O4. The molecule has 19 heavy (non-hydrogen) atoms. The maximum absolute atomic E-state index is 12.0. The van der Waals surface area contributed by atoms with Crippen molar-refractivity contribution in [2.24, 2.45) is 17.8 Å². The summed E-state index contributed by atoms with van der Waals surface area (Å²) in [6.07, 6.45) is 4.78. The van der Waals surface area contributed by atoms with Crippen LogP contribution in [0.15, 0.2) is 11.6 Å². The van der Waals surface area contributed by atoms with Gasteiger partial charge in [-0.2, -0.15) is 0 Å². The number of aliphatic hydroxyl groups is 1. The zero-order chi connectivity index (χ0) is 14.0. The van der Waals surface area contributed by atoms with E-state index < -0.39 is 0 Å². The highest BCUT2D eigenvalue weighted by molar-refractivity contribution is 5.93. The average Bonchev–Trinajstić information content (AvgIpc) is 2.39. The highest BCUT2D eigenvalue weighted by atomic mass is 16.5. The van der Waals surface area contributed by atoms with E-state index in [9.17, 15) is 14.7 Å². The number of aliphatic hydroxyl groups excluding tert-OH is 1. The summed E-state index contributed by atoms with van der Waals surface area (Å²) in [4.78, 5) is 23.3. The molecule has 4 atom stereocenters. The molecule has 0 saturated heterocycles. The maximum Gasteiger partial charge on any atom is 0.305 e. The molecule has 1 fully saturated rings. The van der Waals surface area contributed by atoms with Crippen LogP contribution in [0.3, 0.4) is 0 Å². The SMILES string of the molecule is COC(=O)CC[C@H]1[C@@H](C)C(=O)C=C2C[C@@H](O)CC[C@@H]21. The van der Waals surface area contributed by atoms with Crippen LogP contribution in [0.25, 0.3) is 0 Å². The van der Waals surface area contributed by atoms with E-state index >= 15 is 0 Å². The second kappa shape index (κ2) is 5.87. The van der Waals surface area contributed by atoms with Crippen molar-refractivity contribution in [2.75, 3.05) is 7.11 Å². The first-order valence-corrected chi connectivity index (χ1v) is 7.02. The Morgan fingerprint density at radius 1 is 1.47 bits per heavy atom. The lowest BCUT2D eigenvalue weighted by Crippen LogP contribution is -2.37. The van der Waals surface area contributed by atoms with Crippen LogP contribution in [0.1, 0.15) is 39.0 Å². The Kier molecular flexibility index (Phi) is 4.40. The van der Waals surface area contributed by atoms with Crippen molar-refractivity contribution in [1.29, 1.82) is 0 Å². The van der Waals surface area contributed by atoms with Gasteiger partial charge in [0, 0.05) is 12.3 Å². The Balaban J connectivity index is 2.11. The molecule has 0 bridgehead atoms. The number of rotatable bonds is 3. The van der Waals surface area contributed by atoms with Crippen LogP contribution in [-0.4, -0.2) is 30.1 Å². The van der Waals surface area contributed by atoms with Crippen LogP contribution in [0.5, 0.6) is 0 Å². The van der Waals surface area contributed by atoms with E-state index in [4.69, 9.17) is 0 Å².